The summed E-state index contributed by atoms with van der Waals surface area (Å²) in [5.74, 6) is -0.752. The zero-order valence-electron chi connectivity index (χ0n) is 15.2. The molecule has 1 atom stereocenters. The summed E-state index contributed by atoms with van der Waals surface area (Å²) in [7, 11) is 0. The van der Waals surface area contributed by atoms with Gasteiger partial charge in [-0.25, -0.2) is 4.79 Å². The van der Waals surface area contributed by atoms with Gasteiger partial charge in [0.25, 0.3) is 5.91 Å². The molecular formula is C21H25NO3. The Bertz CT molecular complexity index is 720. The first-order valence-corrected chi connectivity index (χ1v) is 8.34. The molecule has 0 fully saturated rings. The number of rotatable bonds is 5. The van der Waals surface area contributed by atoms with Gasteiger partial charge in [0.15, 0.2) is 0 Å². The molecule has 0 aliphatic carbocycles. The number of esters is 1. The minimum absolute atomic E-state index is 0.301. The van der Waals surface area contributed by atoms with Crippen LogP contribution in [0.4, 0.5) is 0 Å². The van der Waals surface area contributed by atoms with Gasteiger partial charge in [-0.05, 0) is 45.4 Å². The fourth-order valence-electron chi connectivity index (χ4n) is 2.47. The van der Waals surface area contributed by atoms with Gasteiger partial charge in [0.1, 0.15) is 11.1 Å². The van der Waals surface area contributed by atoms with Crippen LogP contribution in [0.3, 0.4) is 0 Å². The molecule has 0 aliphatic heterocycles. The SMILES string of the molecule is CC(C)(C)OC(=O)[C@](C)(Cc1ccccc1)NC(=O)c1ccccc1. The Hall–Kier alpha value is -2.62. The van der Waals surface area contributed by atoms with Gasteiger partial charge in [-0.2, -0.15) is 0 Å². The fraction of sp³-hybridized carbons (Fsp3) is 0.333. The molecule has 0 aromatic heterocycles. The Morgan fingerprint density at radius 2 is 1.40 bits per heavy atom. The van der Waals surface area contributed by atoms with Crippen LogP contribution in [0.2, 0.25) is 0 Å². The van der Waals surface area contributed by atoms with Crippen LogP contribution in [-0.4, -0.2) is 23.0 Å². The highest BCUT2D eigenvalue weighted by Gasteiger charge is 2.39. The molecular weight excluding hydrogens is 314 g/mol. The van der Waals surface area contributed by atoms with Crippen LogP contribution in [0.1, 0.15) is 43.6 Å². The van der Waals surface area contributed by atoms with E-state index in [1.54, 1.807) is 31.2 Å². The van der Waals surface area contributed by atoms with E-state index in [-0.39, 0.29) is 5.91 Å². The molecule has 4 nitrogen and oxygen atoms in total. The third-order valence-electron chi connectivity index (χ3n) is 3.68. The molecule has 1 N–H and O–H groups in total. The van der Waals surface area contributed by atoms with Gasteiger partial charge in [-0.15, -0.1) is 0 Å². The topological polar surface area (TPSA) is 55.4 Å². The van der Waals surface area contributed by atoms with Crippen molar-refractivity contribution in [3.63, 3.8) is 0 Å². The van der Waals surface area contributed by atoms with Crippen molar-refractivity contribution in [2.24, 2.45) is 0 Å². The number of hydrogen-bond donors (Lipinski definition) is 1. The normalized spacial score (nSPS) is 13.6. The quantitative estimate of drug-likeness (QED) is 0.844. The summed E-state index contributed by atoms with van der Waals surface area (Å²) in [6.07, 6.45) is 0.349. The van der Waals surface area contributed by atoms with Gasteiger partial charge in [0.05, 0.1) is 0 Å². The molecule has 0 aliphatic rings. The lowest BCUT2D eigenvalue weighted by molar-refractivity contribution is -0.162. The van der Waals surface area contributed by atoms with Crippen LogP contribution < -0.4 is 5.32 Å². The third-order valence-corrected chi connectivity index (χ3v) is 3.68. The van der Waals surface area contributed by atoms with Gasteiger partial charge < -0.3 is 10.1 Å². The number of benzene rings is 2. The van der Waals surface area contributed by atoms with Crippen LogP contribution in [0.25, 0.3) is 0 Å². The Morgan fingerprint density at radius 1 is 0.880 bits per heavy atom. The van der Waals surface area contributed by atoms with Crippen molar-refractivity contribution in [2.45, 2.75) is 45.3 Å². The van der Waals surface area contributed by atoms with Crippen molar-refractivity contribution in [1.82, 2.24) is 5.32 Å². The molecule has 2 aromatic rings. The Morgan fingerprint density at radius 3 is 1.92 bits per heavy atom. The molecule has 2 rings (SSSR count). The number of hydrogen-bond acceptors (Lipinski definition) is 3. The Balaban J connectivity index is 2.27. The number of nitrogens with one attached hydrogen (secondary N) is 1. The molecule has 132 valence electrons. The molecule has 25 heavy (non-hydrogen) atoms. The van der Waals surface area contributed by atoms with Crippen molar-refractivity contribution in [1.29, 1.82) is 0 Å². The van der Waals surface area contributed by atoms with Crippen molar-refractivity contribution in [2.75, 3.05) is 0 Å². The first-order chi connectivity index (χ1) is 11.7. The lowest BCUT2D eigenvalue weighted by Gasteiger charge is -2.32. The van der Waals surface area contributed by atoms with Gasteiger partial charge in [-0.1, -0.05) is 48.5 Å². The minimum atomic E-state index is -1.17. The summed E-state index contributed by atoms with van der Waals surface area (Å²) in [5.41, 5.74) is -0.344. The van der Waals surface area contributed by atoms with Crippen LogP contribution in [-0.2, 0) is 16.0 Å². The van der Waals surface area contributed by atoms with Crippen molar-refractivity contribution in [3.8, 4) is 0 Å². The summed E-state index contributed by atoms with van der Waals surface area (Å²) in [6.45, 7) is 7.14. The predicted octanol–water partition coefficient (Wildman–Crippen LogP) is 3.76. The lowest BCUT2D eigenvalue weighted by Crippen LogP contribution is -2.56. The fourth-order valence-corrected chi connectivity index (χ4v) is 2.47. The smallest absolute Gasteiger partial charge is 0.332 e. The summed E-state index contributed by atoms with van der Waals surface area (Å²) in [4.78, 5) is 25.4. The van der Waals surface area contributed by atoms with Crippen molar-refractivity contribution in [3.05, 3.63) is 71.8 Å². The van der Waals surface area contributed by atoms with E-state index in [1.165, 1.54) is 0 Å². The zero-order valence-corrected chi connectivity index (χ0v) is 15.2. The summed E-state index contributed by atoms with van der Waals surface area (Å²) < 4.78 is 5.56. The van der Waals surface area contributed by atoms with Crippen LogP contribution in [0, 0.1) is 0 Å². The van der Waals surface area contributed by atoms with Gasteiger partial charge in [0, 0.05) is 12.0 Å². The van der Waals surface area contributed by atoms with Crippen LogP contribution in [0.5, 0.6) is 0 Å². The average Bonchev–Trinajstić information content (AvgIpc) is 2.55. The van der Waals surface area contributed by atoms with E-state index in [2.05, 4.69) is 5.32 Å². The molecule has 2 aromatic carbocycles. The van der Waals surface area contributed by atoms with E-state index in [0.29, 0.717) is 12.0 Å². The van der Waals surface area contributed by atoms with Crippen LogP contribution in [0.15, 0.2) is 60.7 Å². The minimum Gasteiger partial charge on any atom is -0.458 e. The molecule has 4 heteroatoms. The molecule has 0 bridgehead atoms. The number of amides is 1. The van der Waals surface area contributed by atoms with E-state index in [4.69, 9.17) is 4.74 Å². The van der Waals surface area contributed by atoms with E-state index in [1.807, 2.05) is 57.2 Å². The van der Waals surface area contributed by atoms with E-state index in [0.717, 1.165) is 5.56 Å². The third kappa shape index (κ3) is 5.45. The maximum Gasteiger partial charge on any atom is 0.332 e. The van der Waals surface area contributed by atoms with E-state index >= 15 is 0 Å². The number of carbonyl (C=O) groups is 2. The molecule has 0 saturated heterocycles. The lowest BCUT2D eigenvalue weighted by atomic mass is 9.92. The largest absolute Gasteiger partial charge is 0.458 e. The first-order valence-electron chi connectivity index (χ1n) is 8.34. The second kappa shape index (κ2) is 7.51. The Kier molecular flexibility index (Phi) is 5.62. The highest BCUT2D eigenvalue weighted by atomic mass is 16.6. The van der Waals surface area contributed by atoms with Crippen LogP contribution >= 0.6 is 0 Å². The molecule has 0 heterocycles. The van der Waals surface area contributed by atoms with Crippen molar-refractivity contribution >= 4 is 11.9 Å². The van der Waals surface area contributed by atoms with E-state index in [9.17, 15) is 9.59 Å². The summed E-state index contributed by atoms with van der Waals surface area (Å²) in [6, 6.07) is 18.4. The van der Waals surface area contributed by atoms with Gasteiger partial charge >= 0.3 is 5.97 Å². The summed E-state index contributed by atoms with van der Waals surface area (Å²) in [5, 5.41) is 2.87. The number of ether oxygens (including phenoxy) is 1. The van der Waals surface area contributed by atoms with Gasteiger partial charge in [-0.3, -0.25) is 4.79 Å². The molecule has 0 spiro atoms. The second-order valence-corrected chi connectivity index (χ2v) is 7.32. The molecule has 0 saturated carbocycles. The Labute approximate surface area is 149 Å². The predicted molar refractivity (Wildman–Crippen MR) is 98.3 cm³/mol. The maximum absolute atomic E-state index is 12.8. The number of carbonyl (C=O) groups excluding carboxylic acids is 2. The maximum atomic E-state index is 12.8. The van der Waals surface area contributed by atoms with Crippen molar-refractivity contribution < 1.29 is 14.3 Å². The highest BCUT2D eigenvalue weighted by molar-refractivity contribution is 5.98. The average molecular weight is 339 g/mol. The first kappa shape index (κ1) is 18.7. The summed E-state index contributed by atoms with van der Waals surface area (Å²) >= 11 is 0. The standard InChI is InChI=1S/C21H25NO3/c1-20(2,3)25-19(24)21(4,15-16-11-7-5-8-12-16)22-18(23)17-13-9-6-10-14-17/h5-14H,15H2,1-4H3,(H,22,23)/t21-/m0/s1. The van der Waals surface area contributed by atoms with Gasteiger partial charge in [0.2, 0.25) is 0 Å². The molecule has 0 radical (unpaired) electrons. The highest BCUT2D eigenvalue weighted by Crippen LogP contribution is 2.20. The monoisotopic (exact) mass is 339 g/mol. The molecule has 0 unspecified atom stereocenters. The zero-order chi connectivity index (χ0) is 18.5. The second-order valence-electron chi connectivity index (χ2n) is 7.32. The molecule has 1 amide bonds. The van der Waals surface area contributed by atoms with E-state index < -0.39 is 17.1 Å².